The lowest BCUT2D eigenvalue weighted by atomic mass is 9.94. The van der Waals surface area contributed by atoms with Crippen LogP contribution in [0.1, 0.15) is 38.6 Å². The molecule has 0 radical (unpaired) electrons. The zero-order valence-electron chi connectivity index (χ0n) is 19.7. The van der Waals surface area contributed by atoms with E-state index in [4.69, 9.17) is 15.2 Å². The van der Waals surface area contributed by atoms with Crippen molar-refractivity contribution in [2.24, 2.45) is 0 Å². The number of nitrogen functional groups attached to an aromatic ring is 1. The summed E-state index contributed by atoms with van der Waals surface area (Å²) in [5.74, 6) is 0.956. The first kappa shape index (κ1) is 23.6. The van der Waals surface area contributed by atoms with Gasteiger partial charge in [0.25, 0.3) is 0 Å². The minimum atomic E-state index is -1.48. The largest absolute Gasteiger partial charge is 0.488 e. The first-order valence-corrected chi connectivity index (χ1v) is 12.5. The summed E-state index contributed by atoms with van der Waals surface area (Å²) >= 11 is 3.39. The molecule has 4 heterocycles. The van der Waals surface area contributed by atoms with Crippen LogP contribution in [-0.2, 0) is 10.3 Å². The second kappa shape index (κ2) is 8.09. The van der Waals surface area contributed by atoms with Crippen molar-refractivity contribution in [2.45, 2.75) is 62.4 Å². The van der Waals surface area contributed by atoms with Crippen LogP contribution >= 0.6 is 15.9 Å². The molecule has 1 saturated heterocycles. The summed E-state index contributed by atoms with van der Waals surface area (Å²) in [4.78, 5) is 13.0. The number of aliphatic hydroxyl groups is 3. The quantitative estimate of drug-likeness (QED) is 0.298. The van der Waals surface area contributed by atoms with Crippen LogP contribution in [-0.4, -0.2) is 58.8 Å². The van der Waals surface area contributed by atoms with Gasteiger partial charge in [-0.15, -0.1) is 0 Å². The second-order valence-corrected chi connectivity index (χ2v) is 10.9. The summed E-state index contributed by atoms with van der Waals surface area (Å²) in [6.07, 6.45) is 0.582. The number of fused-ring (bicyclic) bond motifs is 3. The van der Waals surface area contributed by atoms with Crippen LogP contribution in [0.4, 0.5) is 5.82 Å². The molecule has 5 atom stereocenters. The molecule has 0 unspecified atom stereocenters. The van der Waals surface area contributed by atoms with Gasteiger partial charge >= 0.3 is 0 Å². The second-order valence-electron chi connectivity index (χ2n) is 10.0. The van der Waals surface area contributed by atoms with E-state index in [0.29, 0.717) is 46.7 Å². The van der Waals surface area contributed by atoms with Crippen LogP contribution in [0.3, 0.4) is 0 Å². The Kier molecular flexibility index (Phi) is 5.29. The number of halogens is 1. The first-order valence-electron chi connectivity index (χ1n) is 11.7. The summed E-state index contributed by atoms with van der Waals surface area (Å²) < 4.78 is 14.9. The van der Waals surface area contributed by atoms with Crippen LogP contribution in [0.2, 0.25) is 0 Å². The molecular weight excluding hydrogens is 530 g/mol. The minimum Gasteiger partial charge on any atom is -0.488 e. The maximum absolute atomic E-state index is 11.4. The maximum atomic E-state index is 11.4. The van der Waals surface area contributed by atoms with E-state index in [-0.39, 0.29) is 0 Å². The zero-order valence-corrected chi connectivity index (χ0v) is 21.3. The van der Waals surface area contributed by atoms with Crippen molar-refractivity contribution in [3.8, 4) is 5.75 Å². The number of aromatic nitrogens is 4. The number of aliphatic hydroxyl groups excluding tert-OH is 1. The Morgan fingerprint density at radius 1 is 1.25 bits per heavy atom. The fourth-order valence-electron chi connectivity index (χ4n) is 5.37. The smallest absolute Gasteiger partial charge is 0.164 e. The normalized spacial score (nSPS) is 28.2. The van der Waals surface area contributed by atoms with Gasteiger partial charge in [0.15, 0.2) is 6.23 Å². The van der Waals surface area contributed by atoms with Gasteiger partial charge in [0.2, 0.25) is 0 Å². The number of nitrogens with zero attached hydrogens (tertiary/aromatic N) is 4. The molecular formula is C25H26BrN5O5. The number of hydrogen-bond donors (Lipinski definition) is 4. The van der Waals surface area contributed by atoms with Crippen LogP contribution < -0.4 is 10.5 Å². The van der Waals surface area contributed by atoms with Crippen molar-refractivity contribution in [1.29, 1.82) is 0 Å². The predicted octanol–water partition coefficient (Wildman–Crippen LogP) is 2.78. The molecule has 2 fully saturated rings. The van der Waals surface area contributed by atoms with Gasteiger partial charge in [-0.25, -0.2) is 15.0 Å². The van der Waals surface area contributed by atoms with Crippen molar-refractivity contribution < 1.29 is 24.8 Å². The van der Waals surface area contributed by atoms with Gasteiger partial charge in [-0.2, -0.15) is 0 Å². The van der Waals surface area contributed by atoms with Crippen molar-refractivity contribution in [3.05, 3.63) is 53.0 Å². The number of nitrogens with two attached hydrogens (primary N) is 1. The lowest BCUT2D eigenvalue weighted by Crippen LogP contribution is -2.47. The van der Waals surface area contributed by atoms with Gasteiger partial charge in [0, 0.05) is 23.0 Å². The molecule has 1 aliphatic carbocycles. The van der Waals surface area contributed by atoms with E-state index in [1.54, 1.807) is 36.7 Å². The predicted molar refractivity (Wildman–Crippen MR) is 135 cm³/mol. The van der Waals surface area contributed by atoms with Gasteiger partial charge in [-0.3, -0.25) is 0 Å². The topological polar surface area (TPSA) is 149 Å². The number of rotatable bonds is 4. The summed E-state index contributed by atoms with van der Waals surface area (Å²) in [7, 11) is 0. The molecule has 3 aromatic heterocycles. The fraction of sp³-hybridized carbons (Fsp3) is 0.400. The third kappa shape index (κ3) is 3.57. The highest BCUT2D eigenvalue weighted by Gasteiger charge is 2.62. The standard InChI is InChI=1S/C25H26BrN5O5/c1-24(2,33)18-14-6-8-31(22(14)29-11-28-18)23-19(32)25(34)7-5-17(20(25)36-23)35-13-4-3-12-9-15(26)21(27)30-16(12)10-13/h3-4,6,8-11,17,19-20,23,32-34H,5,7H2,1-2H3,(H2,27,30)/t17-,19-,20+,23+,25-/m0/s1. The molecule has 1 aliphatic heterocycles. The highest BCUT2D eigenvalue weighted by atomic mass is 79.9. The van der Waals surface area contributed by atoms with E-state index >= 15 is 0 Å². The molecule has 1 aromatic carbocycles. The number of ether oxygens (including phenoxy) is 2. The first-order chi connectivity index (χ1) is 17.1. The Balaban J connectivity index is 1.30. The summed E-state index contributed by atoms with van der Waals surface area (Å²) in [6, 6.07) is 9.19. The molecule has 0 bridgehead atoms. The van der Waals surface area contributed by atoms with Crippen LogP contribution in [0.5, 0.6) is 5.75 Å². The van der Waals surface area contributed by atoms with E-state index in [2.05, 4.69) is 30.9 Å². The van der Waals surface area contributed by atoms with E-state index in [9.17, 15) is 15.3 Å². The molecule has 4 aromatic rings. The average Bonchev–Trinajstić information content (AvgIpc) is 3.46. The Morgan fingerprint density at radius 2 is 2.06 bits per heavy atom. The Morgan fingerprint density at radius 3 is 2.83 bits per heavy atom. The van der Waals surface area contributed by atoms with Gasteiger partial charge in [0.05, 0.1) is 15.7 Å². The third-order valence-electron chi connectivity index (χ3n) is 7.15. The summed E-state index contributed by atoms with van der Waals surface area (Å²) in [5.41, 5.74) is 4.93. The molecule has 0 amide bonds. The van der Waals surface area contributed by atoms with E-state index in [1.165, 1.54) is 6.33 Å². The highest BCUT2D eigenvalue weighted by molar-refractivity contribution is 9.10. The molecule has 36 heavy (non-hydrogen) atoms. The van der Waals surface area contributed by atoms with Gasteiger partial charge in [-0.1, -0.05) is 0 Å². The fourth-order valence-corrected chi connectivity index (χ4v) is 5.70. The average molecular weight is 556 g/mol. The summed E-state index contributed by atoms with van der Waals surface area (Å²) in [5, 5.41) is 34.7. The number of benzene rings is 1. The molecule has 1 saturated carbocycles. The molecule has 188 valence electrons. The minimum absolute atomic E-state index is 0.314. The lowest BCUT2D eigenvalue weighted by Gasteiger charge is -2.26. The third-order valence-corrected chi connectivity index (χ3v) is 7.78. The number of anilines is 1. The van der Waals surface area contributed by atoms with Crippen molar-refractivity contribution in [3.63, 3.8) is 0 Å². The van der Waals surface area contributed by atoms with Crippen LogP contribution in [0.25, 0.3) is 21.9 Å². The monoisotopic (exact) mass is 555 g/mol. The molecule has 11 heteroatoms. The summed E-state index contributed by atoms with van der Waals surface area (Å²) in [6.45, 7) is 3.30. The molecule has 6 rings (SSSR count). The number of pyridine rings is 1. The molecule has 0 spiro atoms. The van der Waals surface area contributed by atoms with Gasteiger partial charge < -0.3 is 35.1 Å². The molecule has 2 aliphatic rings. The Bertz CT molecular complexity index is 1490. The molecule has 10 nitrogen and oxygen atoms in total. The van der Waals surface area contributed by atoms with Crippen molar-refractivity contribution >= 4 is 43.7 Å². The Labute approximate surface area is 214 Å². The van der Waals surface area contributed by atoms with E-state index in [1.807, 2.05) is 18.2 Å². The maximum Gasteiger partial charge on any atom is 0.164 e. The van der Waals surface area contributed by atoms with E-state index < -0.39 is 35.7 Å². The van der Waals surface area contributed by atoms with Crippen molar-refractivity contribution in [1.82, 2.24) is 19.5 Å². The zero-order chi connectivity index (χ0) is 25.4. The van der Waals surface area contributed by atoms with Crippen LogP contribution in [0.15, 0.2) is 47.3 Å². The van der Waals surface area contributed by atoms with Gasteiger partial charge in [0.1, 0.15) is 53.1 Å². The van der Waals surface area contributed by atoms with E-state index in [0.717, 1.165) is 9.86 Å². The van der Waals surface area contributed by atoms with Crippen LogP contribution in [0, 0.1) is 0 Å². The SMILES string of the molecule is CC(C)(O)c1ncnc2c1ccn2[C@@H]1O[C@@H]2[C@@H](Oc3ccc4cc(Br)c(N)nc4c3)CC[C@]2(O)[C@H]1O. The number of hydrogen-bond acceptors (Lipinski definition) is 9. The lowest BCUT2D eigenvalue weighted by molar-refractivity contribution is -0.0791. The molecule has 5 N–H and O–H groups in total. The Hall–Kier alpha value is -2.83. The van der Waals surface area contributed by atoms with Gasteiger partial charge in [-0.05, 0) is 66.9 Å². The van der Waals surface area contributed by atoms with Crippen molar-refractivity contribution in [2.75, 3.05) is 5.73 Å². The highest BCUT2D eigenvalue weighted by Crippen LogP contribution is 2.48.